The Morgan fingerprint density at radius 3 is 2.53 bits per heavy atom. The molecule has 3 rings (SSSR count). The van der Waals surface area contributed by atoms with E-state index in [2.05, 4.69) is 5.32 Å². The molecule has 5 nitrogen and oxygen atoms in total. The summed E-state index contributed by atoms with van der Waals surface area (Å²) in [6, 6.07) is 0.700. The second kappa shape index (κ2) is 4.46. The Morgan fingerprint density at radius 2 is 1.94 bits per heavy atom. The van der Waals surface area contributed by atoms with Crippen molar-refractivity contribution in [1.82, 2.24) is 10.2 Å². The van der Waals surface area contributed by atoms with Crippen LogP contribution in [0.25, 0.3) is 0 Å². The van der Waals surface area contributed by atoms with Gasteiger partial charge < -0.3 is 20.1 Å². The van der Waals surface area contributed by atoms with E-state index in [1.807, 2.05) is 4.90 Å². The second-order valence-corrected chi connectivity index (χ2v) is 5.43. The number of aliphatic hydroxyl groups is 1. The van der Waals surface area contributed by atoms with Crippen LogP contribution in [0, 0.1) is 0 Å². The standard InChI is InChI=1S/C12H20N2O3/c15-11-5-9-1-2-10(6-11)14(9)12(16)13-8-3-4-17-7-8/h8-11,15H,1-7H2,(H,13,16). The van der Waals surface area contributed by atoms with E-state index in [1.165, 1.54) is 0 Å². The van der Waals surface area contributed by atoms with Gasteiger partial charge in [-0.3, -0.25) is 0 Å². The van der Waals surface area contributed by atoms with Gasteiger partial charge in [-0.05, 0) is 32.1 Å². The lowest BCUT2D eigenvalue weighted by molar-refractivity contribution is 0.0532. The van der Waals surface area contributed by atoms with Crippen LogP contribution >= 0.6 is 0 Å². The van der Waals surface area contributed by atoms with Gasteiger partial charge in [-0.25, -0.2) is 4.79 Å². The van der Waals surface area contributed by atoms with Crippen molar-refractivity contribution in [2.75, 3.05) is 13.2 Å². The maximum absolute atomic E-state index is 12.2. The molecule has 3 heterocycles. The normalized spacial score (nSPS) is 40.6. The summed E-state index contributed by atoms with van der Waals surface area (Å²) in [6.45, 7) is 1.38. The molecule has 3 unspecified atom stereocenters. The van der Waals surface area contributed by atoms with Gasteiger partial charge in [-0.1, -0.05) is 0 Å². The van der Waals surface area contributed by atoms with Gasteiger partial charge in [0.1, 0.15) is 0 Å². The number of hydrogen-bond donors (Lipinski definition) is 2. The number of piperidine rings is 1. The number of aliphatic hydroxyl groups excluding tert-OH is 1. The molecule has 96 valence electrons. The minimum Gasteiger partial charge on any atom is -0.393 e. The quantitative estimate of drug-likeness (QED) is 0.700. The molecule has 3 aliphatic heterocycles. The fraction of sp³-hybridized carbons (Fsp3) is 0.917. The Balaban J connectivity index is 1.62. The Kier molecular flexibility index (Phi) is 2.96. The van der Waals surface area contributed by atoms with Crippen LogP contribution < -0.4 is 5.32 Å². The average Bonchev–Trinajstić information content (AvgIpc) is 2.86. The van der Waals surface area contributed by atoms with Gasteiger partial charge in [0.15, 0.2) is 0 Å². The molecule has 0 aliphatic carbocycles. The van der Waals surface area contributed by atoms with Gasteiger partial charge in [0.25, 0.3) is 0 Å². The Labute approximate surface area is 101 Å². The number of amides is 2. The van der Waals surface area contributed by atoms with Crippen LogP contribution in [0.3, 0.4) is 0 Å². The van der Waals surface area contributed by atoms with Crippen molar-refractivity contribution in [2.24, 2.45) is 0 Å². The van der Waals surface area contributed by atoms with Crippen molar-refractivity contribution in [2.45, 2.75) is 56.3 Å². The maximum atomic E-state index is 12.2. The molecule has 2 amide bonds. The molecule has 3 saturated heterocycles. The molecule has 0 saturated carbocycles. The molecule has 0 aromatic heterocycles. The monoisotopic (exact) mass is 240 g/mol. The highest BCUT2D eigenvalue weighted by Crippen LogP contribution is 2.35. The van der Waals surface area contributed by atoms with E-state index in [9.17, 15) is 9.90 Å². The average molecular weight is 240 g/mol. The number of hydrogen-bond acceptors (Lipinski definition) is 3. The fourth-order valence-corrected chi connectivity index (χ4v) is 3.38. The van der Waals surface area contributed by atoms with E-state index in [0.717, 1.165) is 38.7 Å². The number of nitrogens with zero attached hydrogens (tertiary/aromatic N) is 1. The zero-order valence-electron chi connectivity index (χ0n) is 9.97. The molecule has 3 fully saturated rings. The molecule has 17 heavy (non-hydrogen) atoms. The predicted molar refractivity (Wildman–Crippen MR) is 61.6 cm³/mol. The first-order valence-electron chi connectivity index (χ1n) is 6.58. The van der Waals surface area contributed by atoms with Crippen molar-refractivity contribution in [1.29, 1.82) is 0 Å². The lowest BCUT2D eigenvalue weighted by atomic mass is 10.0. The lowest BCUT2D eigenvalue weighted by Gasteiger charge is -2.37. The van der Waals surface area contributed by atoms with Crippen molar-refractivity contribution in [3.63, 3.8) is 0 Å². The zero-order valence-corrected chi connectivity index (χ0v) is 9.97. The summed E-state index contributed by atoms with van der Waals surface area (Å²) in [5, 5.41) is 12.7. The van der Waals surface area contributed by atoms with Gasteiger partial charge in [0.2, 0.25) is 0 Å². The molecule has 0 spiro atoms. The van der Waals surface area contributed by atoms with Crippen LogP contribution in [0.4, 0.5) is 4.79 Å². The molecule has 2 bridgehead atoms. The third-order valence-electron chi connectivity index (χ3n) is 4.20. The summed E-state index contributed by atoms with van der Waals surface area (Å²) in [5.41, 5.74) is 0. The van der Waals surface area contributed by atoms with Crippen LogP contribution in [0.2, 0.25) is 0 Å². The summed E-state index contributed by atoms with van der Waals surface area (Å²) < 4.78 is 5.26. The third-order valence-corrected chi connectivity index (χ3v) is 4.20. The van der Waals surface area contributed by atoms with E-state index >= 15 is 0 Å². The third kappa shape index (κ3) is 2.13. The van der Waals surface area contributed by atoms with Crippen LogP contribution in [-0.2, 0) is 4.74 Å². The number of urea groups is 1. The van der Waals surface area contributed by atoms with E-state index in [4.69, 9.17) is 4.74 Å². The van der Waals surface area contributed by atoms with Gasteiger partial charge >= 0.3 is 6.03 Å². The Morgan fingerprint density at radius 1 is 1.24 bits per heavy atom. The number of nitrogens with one attached hydrogen (secondary N) is 1. The summed E-state index contributed by atoms with van der Waals surface area (Å²) >= 11 is 0. The minimum atomic E-state index is -0.216. The highest BCUT2D eigenvalue weighted by molar-refractivity contribution is 5.76. The molecule has 0 radical (unpaired) electrons. The summed E-state index contributed by atoms with van der Waals surface area (Å²) in [4.78, 5) is 14.2. The largest absolute Gasteiger partial charge is 0.393 e. The van der Waals surface area contributed by atoms with E-state index in [0.29, 0.717) is 6.61 Å². The Hall–Kier alpha value is -0.810. The first-order chi connectivity index (χ1) is 8.24. The zero-order chi connectivity index (χ0) is 11.8. The fourth-order valence-electron chi connectivity index (χ4n) is 3.38. The lowest BCUT2D eigenvalue weighted by Crippen LogP contribution is -2.54. The smallest absolute Gasteiger partial charge is 0.318 e. The van der Waals surface area contributed by atoms with Crippen LogP contribution in [0.1, 0.15) is 32.1 Å². The molecule has 0 aromatic carbocycles. The summed E-state index contributed by atoms with van der Waals surface area (Å²) in [5.74, 6) is 0. The predicted octanol–water partition coefficient (Wildman–Crippen LogP) is 0.473. The number of ether oxygens (including phenoxy) is 1. The van der Waals surface area contributed by atoms with Crippen molar-refractivity contribution in [3.05, 3.63) is 0 Å². The Bertz CT molecular complexity index is 290. The SMILES string of the molecule is O=C(NC1CCOC1)N1C2CCC1CC(O)C2. The van der Waals surface area contributed by atoms with Crippen molar-refractivity contribution >= 4 is 6.03 Å². The summed E-state index contributed by atoms with van der Waals surface area (Å²) in [6.07, 6.45) is 4.26. The first kappa shape index (κ1) is 11.3. The molecule has 3 atom stereocenters. The highest BCUT2D eigenvalue weighted by atomic mass is 16.5. The topological polar surface area (TPSA) is 61.8 Å². The number of carbonyl (C=O) groups is 1. The molecule has 0 aromatic rings. The second-order valence-electron chi connectivity index (χ2n) is 5.43. The molecular weight excluding hydrogens is 220 g/mol. The summed E-state index contributed by atoms with van der Waals surface area (Å²) in [7, 11) is 0. The van der Waals surface area contributed by atoms with E-state index in [-0.39, 0.29) is 30.3 Å². The molecule has 3 aliphatic rings. The van der Waals surface area contributed by atoms with Gasteiger partial charge in [0.05, 0.1) is 18.8 Å². The van der Waals surface area contributed by atoms with Gasteiger partial charge in [-0.15, -0.1) is 0 Å². The number of rotatable bonds is 1. The minimum absolute atomic E-state index is 0.0416. The van der Waals surface area contributed by atoms with Gasteiger partial charge in [-0.2, -0.15) is 0 Å². The molecular formula is C12H20N2O3. The molecule has 5 heteroatoms. The maximum Gasteiger partial charge on any atom is 0.318 e. The van der Waals surface area contributed by atoms with Crippen molar-refractivity contribution < 1.29 is 14.6 Å². The number of carbonyl (C=O) groups excluding carboxylic acids is 1. The molecule has 2 N–H and O–H groups in total. The van der Waals surface area contributed by atoms with Crippen LogP contribution in [-0.4, -0.2) is 53.5 Å². The van der Waals surface area contributed by atoms with Crippen LogP contribution in [0.15, 0.2) is 0 Å². The number of fused-ring (bicyclic) bond motifs is 2. The van der Waals surface area contributed by atoms with E-state index in [1.54, 1.807) is 0 Å². The first-order valence-corrected chi connectivity index (χ1v) is 6.58. The van der Waals surface area contributed by atoms with Crippen LogP contribution in [0.5, 0.6) is 0 Å². The van der Waals surface area contributed by atoms with E-state index < -0.39 is 0 Å². The highest BCUT2D eigenvalue weighted by Gasteiger charge is 2.43. The van der Waals surface area contributed by atoms with Gasteiger partial charge in [0, 0.05) is 18.7 Å². The van der Waals surface area contributed by atoms with Crippen molar-refractivity contribution in [3.8, 4) is 0 Å².